The Bertz CT molecular complexity index is 1140. The molecular formula is C26H32F4N6S. The Morgan fingerprint density at radius 1 is 1.08 bits per heavy atom. The van der Waals surface area contributed by atoms with Gasteiger partial charge in [-0.05, 0) is 75.3 Å². The van der Waals surface area contributed by atoms with Crippen molar-refractivity contribution in [3.63, 3.8) is 0 Å². The highest BCUT2D eigenvalue weighted by Crippen LogP contribution is 2.37. The number of halogens is 4. The van der Waals surface area contributed by atoms with Crippen LogP contribution in [0.15, 0.2) is 41.5 Å². The lowest BCUT2D eigenvalue weighted by molar-refractivity contribution is -0.137. The summed E-state index contributed by atoms with van der Waals surface area (Å²) in [7, 11) is 4.10. The number of piperidine rings is 1. The Hall–Kier alpha value is -2.92. The van der Waals surface area contributed by atoms with Crippen LogP contribution in [0.3, 0.4) is 0 Å². The van der Waals surface area contributed by atoms with Crippen molar-refractivity contribution in [1.29, 1.82) is 0 Å². The van der Waals surface area contributed by atoms with Gasteiger partial charge in [-0.25, -0.2) is 4.39 Å². The first kappa shape index (κ1) is 27.1. The SMILES string of the molecule is CN(C)C1CCN(c2cc(N3CCC(c4cccc(C(F)(F)F)c4)CC3)c(F)cc2C=NNC(N)=S)C1. The van der Waals surface area contributed by atoms with Crippen LogP contribution >= 0.6 is 12.2 Å². The average Bonchev–Trinajstić information content (AvgIpc) is 3.34. The van der Waals surface area contributed by atoms with Crippen LogP contribution in [-0.4, -0.2) is 62.5 Å². The molecule has 37 heavy (non-hydrogen) atoms. The summed E-state index contributed by atoms with van der Waals surface area (Å²) in [6.07, 6.45) is -0.575. The molecule has 1 atom stereocenters. The van der Waals surface area contributed by atoms with Gasteiger partial charge < -0.3 is 20.4 Å². The molecule has 0 bridgehead atoms. The number of thiocarbonyl (C=S) groups is 1. The number of rotatable bonds is 6. The molecule has 2 saturated heterocycles. The molecule has 0 aliphatic carbocycles. The summed E-state index contributed by atoms with van der Waals surface area (Å²) < 4.78 is 54.9. The van der Waals surface area contributed by atoms with E-state index in [1.54, 1.807) is 6.07 Å². The normalized spacial score (nSPS) is 19.3. The van der Waals surface area contributed by atoms with Crippen molar-refractivity contribution in [3.8, 4) is 0 Å². The van der Waals surface area contributed by atoms with Crippen molar-refractivity contribution in [2.75, 3.05) is 50.1 Å². The third-order valence-corrected chi connectivity index (χ3v) is 7.32. The number of likely N-dealkylation sites (N-methyl/N-ethyl adjacent to an activating group) is 1. The quantitative estimate of drug-likeness (QED) is 0.245. The molecule has 2 aromatic rings. The summed E-state index contributed by atoms with van der Waals surface area (Å²) in [5.41, 5.74) is 10.00. The monoisotopic (exact) mass is 536 g/mol. The smallest absolute Gasteiger partial charge is 0.375 e. The molecule has 3 N–H and O–H groups in total. The first-order valence-corrected chi connectivity index (χ1v) is 12.7. The van der Waals surface area contributed by atoms with Gasteiger partial charge in [-0.1, -0.05) is 18.2 Å². The summed E-state index contributed by atoms with van der Waals surface area (Å²) >= 11 is 4.80. The minimum absolute atomic E-state index is 0.00176. The predicted molar refractivity (Wildman–Crippen MR) is 144 cm³/mol. The molecule has 0 amide bonds. The topological polar surface area (TPSA) is 60.1 Å². The van der Waals surface area contributed by atoms with E-state index in [-0.39, 0.29) is 16.8 Å². The second-order valence-corrected chi connectivity index (χ2v) is 10.3. The van der Waals surface area contributed by atoms with Gasteiger partial charge in [0.2, 0.25) is 0 Å². The number of alkyl halides is 3. The molecule has 200 valence electrons. The Kier molecular flexibility index (Phi) is 8.23. The van der Waals surface area contributed by atoms with Gasteiger partial charge in [0.25, 0.3) is 0 Å². The van der Waals surface area contributed by atoms with Gasteiger partial charge in [0, 0.05) is 43.5 Å². The molecule has 0 spiro atoms. The molecule has 11 heteroatoms. The van der Waals surface area contributed by atoms with Crippen LogP contribution < -0.4 is 21.0 Å². The highest BCUT2D eigenvalue weighted by Gasteiger charge is 2.32. The Morgan fingerprint density at radius 2 is 1.78 bits per heavy atom. The van der Waals surface area contributed by atoms with Crippen LogP contribution in [0.4, 0.5) is 28.9 Å². The molecule has 2 fully saturated rings. The number of hydrogen-bond acceptors (Lipinski definition) is 5. The van der Waals surface area contributed by atoms with Crippen LogP contribution in [0.1, 0.15) is 41.9 Å². The Labute approximate surface area is 220 Å². The van der Waals surface area contributed by atoms with Gasteiger partial charge in [-0.15, -0.1) is 0 Å². The predicted octanol–water partition coefficient (Wildman–Crippen LogP) is 4.54. The second kappa shape index (κ2) is 11.2. The van der Waals surface area contributed by atoms with E-state index in [0.717, 1.165) is 31.3 Å². The van der Waals surface area contributed by atoms with Gasteiger partial charge in [0.15, 0.2) is 5.11 Å². The van der Waals surface area contributed by atoms with E-state index in [1.807, 2.05) is 25.1 Å². The highest BCUT2D eigenvalue weighted by molar-refractivity contribution is 7.80. The van der Waals surface area contributed by atoms with E-state index >= 15 is 4.39 Å². The van der Waals surface area contributed by atoms with Gasteiger partial charge in [-0.3, -0.25) is 5.43 Å². The van der Waals surface area contributed by atoms with Crippen LogP contribution in [0, 0.1) is 5.82 Å². The fraction of sp³-hybridized carbons (Fsp3) is 0.462. The molecule has 1 unspecified atom stereocenters. The average molecular weight is 537 g/mol. The van der Waals surface area contributed by atoms with Gasteiger partial charge in [-0.2, -0.15) is 18.3 Å². The maximum atomic E-state index is 15.4. The zero-order valence-corrected chi connectivity index (χ0v) is 21.7. The first-order chi connectivity index (χ1) is 17.5. The fourth-order valence-corrected chi connectivity index (χ4v) is 5.21. The third-order valence-electron chi connectivity index (χ3n) is 7.23. The van der Waals surface area contributed by atoms with E-state index in [4.69, 9.17) is 18.0 Å². The maximum Gasteiger partial charge on any atom is 0.416 e. The molecule has 0 radical (unpaired) electrons. The van der Waals surface area contributed by atoms with Crippen LogP contribution in [0.5, 0.6) is 0 Å². The molecule has 2 aliphatic rings. The molecule has 2 aliphatic heterocycles. The second-order valence-electron chi connectivity index (χ2n) is 9.83. The molecule has 2 aromatic carbocycles. The summed E-state index contributed by atoms with van der Waals surface area (Å²) in [5.74, 6) is -0.375. The van der Waals surface area contributed by atoms with Crippen molar-refractivity contribution in [3.05, 3.63) is 58.9 Å². The molecule has 4 rings (SSSR count). The summed E-state index contributed by atoms with van der Waals surface area (Å²) in [5, 5.41) is 4.06. The lowest BCUT2D eigenvalue weighted by Crippen LogP contribution is -2.34. The van der Waals surface area contributed by atoms with Crippen molar-refractivity contribution in [2.45, 2.75) is 37.4 Å². The fourth-order valence-electron chi connectivity index (χ4n) is 5.16. The number of hydrogen-bond donors (Lipinski definition) is 2. The highest BCUT2D eigenvalue weighted by atomic mass is 32.1. The molecule has 2 heterocycles. The van der Waals surface area contributed by atoms with E-state index in [9.17, 15) is 13.2 Å². The van der Waals surface area contributed by atoms with E-state index in [0.29, 0.717) is 48.8 Å². The zero-order valence-electron chi connectivity index (χ0n) is 20.9. The number of nitrogens with two attached hydrogens (primary N) is 1. The number of benzene rings is 2. The first-order valence-electron chi connectivity index (χ1n) is 12.3. The third kappa shape index (κ3) is 6.51. The van der Waals surface area contributed by atoms with E-state index < -0.39 is 11.7 Å². The molecule has 0 saturated carbocycles. The number of anilines is 2. The number of nitrogens with one attached hydrogen (secondary N) is 1. The molecule has 0 aromatic heterocycles. The van der Waals surface area contributed by atoms with Crippen molar-refractivity contribution >= 4 is 34.9 Å². The van der Waals surface area contributed by atoms with Crippen LogP contribution in [-0.2, 0) is 6.18 Å². The van der Waals surface area contributed by atoms with E-state index in [2.05, 4.69) is 20.3 Å². The summed E-state index contributed by atoms with van der Waals surface area (Å²) in [6.45, 7) is 2.73. The van der Waals surface area contributed by atoms with Gasteiger partial charge >= 0.3 is 6.18 Å². The molecule has 6 nitrogen and oxygen atoms in total. The number of hydrazone groups is 1. The minimum atomic E-state index is -4.37. The van der Waals surface area contributed by atoms with Crippen LogP contribution in [0.2, 0.25) is 0 Å². The minimum Gasteiger partial charge on any atom is -0.375 e. The lowest BCUT2D eigenvalue weighted by atomic mass is 9.88. The largest absolute Gasteiger partial charge is 0.416 e. The lowest BCUT2D eigenvalue weighted by Gasteiger charge is -2.35. The summed E-state index contributed by atoms with van der Waals surface area (Å²) in [4.78, 5) is 6.40. The van der Waals surface area contributed by atoms with E-state index in [1.165, 1.54) is 24.4 Å². The Balaban J connectivity index is 1.55. The standard InChI is InChI=1S/C26H32F4N6S/c1-34(2)21-8-11-36(16-21)23-14-24(22(27)13-19(23)15-32-33-25(31)37)35-9-6-17(7-10-35)18-4-3-5-20(12-18)26(28,29)30/h3-5,12-15,17,21H,6-11,16H2,1-2H3,(H3,31,33,37). The van der Waals surface area contributed by atoms with Crippen molar-refractivity contribution < 1.29 is 17.6 Å². The Morgan fingerprint density at radius 3 is 2.41 bits per heavy atom. The van der Waals surface area contributed by atoms with Crippen molar-refractivity contribution in [2.24, 2.45) is 10.8 Å². The zero-order chi connectivity index (χ0) is 26.7. The van der Waals surface area contributed by atoms with Crippen molar-refractivity contribution in [1.82, 2.24) is 10.3 Å². The van der Waals surface area contributed by atoms with Gasteiger partial charge in [0.1, 0.15) is 5.82 Å². The summed E-state index contributed by atoms with van der Waals surface area (Å²) in [6, 6.07) is 9.25. The number of nitrogens with zero attached hydrogens (tertiary/aromatic N) is 4. The van der Waals surface area contributed by atoms with Crippen LogP contribution in [0.25, 0.3) is 0 Å². The molecular weight excluding hydrogens is 504 g/mol. The van der Waals surface area contributed by atoms with Gasteiger partial charge in [0.05, 0.1) is 17.5 Å². The maximum absolute atomic E-state index is 15.4.